The van der Waals surface area contributed by atoms with Gasteiger partial charge in [0.05, 0.1) is 6.04 Å². The molecule has 12 nitrogen and oxygen atoms in total. The average molecular weight is 490 g/mol. The molecule has 0 bridgehead atoms. The fourth-order valence-corrected chi connectivity index (χ4v) is 3.26. The van der Waals surface area contributed by atoms with Crippen molar-refractivity contribution in [3.8, 4) is 0 Å². The lowest BCUT2D eigenvalue weighted by Gasteiger charge is -2.26. The molecule has 0 aliphatic rings. The van der Waals surface area contributed by atoms with Gasteiger partial charge in [0.25, 0.3) is 0 Å². The largest absolute Gasteiger partial charge is 0.480 e. The zero-order valence-electron chi connectivity index (χ0n) is 19.8. The molecule has 0 aromatic rings. The summed E-state index contributed by atoms with van der Waals surface area (Å²) in [5.74, 6) is -2.67. The molecule has 5 unspecified atom stereocenters. The van der Waals surface area contributed by atoms with Crippen molar-refractivity contribution in [2.24, 2.45) is 28.1 Å². The van der Waals surface area contributed by atoms with Crippen LogP contribution in [0.15, 0.2) is 4.99 Å². The van der Waals surface area contributed by atoms with Crippen molar-refractivity contribution in [3.63, 3.8) is 0 Å². The smallest absolute Gasteiger partial charge is 0.326 e. The fourth-order valence-electron chi connectivity index (χ4n) is 2.79. The maximum absolute atomic E-state index is 12.9. The van der Waals surface area contributed by atoms with Gasteiger partial charge in [-0.15, -0.1) is 0 Å². The topological polar surface area (TPSA) is 215 Å². The van der Waals surface area contributed by atoms with Gasteiger partial charge in [-0.3, -0.25) is 19.4 Å². The number of rotatable bonds is 16. The quantitative estimate of drug-likeness (QED) is 0.0779. The minimum atomic E-state index is -1.16. The number of nitrogens with one attached hydrogen (secondary N) is 3. The van der Waals surface area contributed by atoms with E-state index in [1.807, 2.05) is 13.2 Å². The molecule has 10 N–H and O–H groups in total. The average Bonchev–Trinajstić information content (AvgIpc) is 2.75. The van der Waals surface area contributed by atoms with Gasteiger partial charge in [0, 0.05) is 6.54 Å². The molecule has 0 aliphatic heterocycles. The van der Waals surface area contributed by atoms with E-state index >= 15 is 0 Å². The summed E-state index contributed by atoms with van der Waals surface area (Å²) in [6.07, 6.45) is 3.26. The molecular weight excluding hydrogens is 450 g/mol. The first kappa shape index (κ1) is 30.5. The Morgan fingerprint density at radius 3 is 2.00 bits per heavy atom. The van der Waals surface area contributed by atoms with Crippen LogP contribution in [0.5, 0.6) is 0 Å². The number of nitrogens with two attached hydrogens (primary N) is 3. The Bertz CT molecular complexity index is 686. The van der Waals surface area contributed by atoms with Crippen LogP contribution in [0.1, 0.15) is 46.5 Å². The third-order valence-electron chi connectivity index (χ3n) is 5.01. The van der Waals surface area contributed by atoms with Crippen LogP contribution in [0.2, 0.25) is 0 Å². The number of amides is 3. The summed E-state index contributed by atoms with van der Waals surface area (Å²) in [5, 5.41) is 17.2. The van der Waals surface area contributed by atoms with E-state index in [4.69, 9.17) is 17.2 Å². The number of carbonyl (C=O) groups is 4. The summed E-state index contributed by atoms with van der Waals surface area (Å²) in [4.78, 5) is 53.4. The van der Waals surface area contributed by atoms with Gasteiger partial charge in [-0.05, 0) is 44.1 Å². The summed E-state index contributed by atoms with van der Waals surface area (Å²) in [5.41, 5.74) is 16.2. The lowest BCUT2D eigenvalue weighted by Crippen LogP contribution is -2.57. The highest BCUT2D eigenvalue weighted by molar-refractivity contribution is 7.98. The van der Waals surface area contributed by atoms with Crippen LogP contribution in [0.4, 0.5) is 0 Å². The van der Waals surface area contributed by atoms with E-state index in [0.29, 0.717) is 25.0 Å². The lowest BCUT2D eigenvalue weighted by molar-refractivity contribution is -0.144. The number of thioether (sulfide) groups is 1. The summed E-state index contributed by atoms with van der Waals surface area (Å²) < 4.78 is 0. The second-order valence-corrected chi connectivity index (χ2v) is 8.84. The van der Waals surface area contributed by atoms with Crippen LogP contribution in [0, 0.1) is 5.92 Å². The third-order valence-corrected chi connectivity index (χ3v) is 5.66. The minimum Gasteiger partial charge on any atom is -0.480 e. The van der Waals surface area contributed by atoms with Gasteiger partial charge in [-0.25, -0.2) is 4.79 Å². The van der Waals surface area contributed by atoms with Gasteiger partial charge in [-0.2, -0.15) is 11.8 Å². The number of aliphatic imine (C=N–C) groups is 1. The molecule has 0 fully saturated rings. The summed E-state index contributed by atoms with van der Waals surface area (Å²) in [7, 11) is 0. The Morgan fingerprint density at radius 2 is 1.52 bits per heavy atom. The van der Waals surface area contributed by atoms with Gasteiger partial charge >= 0.3 is 5.97 Å². The first-order valence-electron chi connectivity index (χ1n) is 10.9. The van der Waals surface area contributed by atoms with Gasteiger partial charge in [0.15, 0.2) is 5.96 Å². The molecule has 0 aromatic carbocycles. The number of guanidine groups is 1. The minimum absolute atomic E-state index is 0.0986. The first-order chi connectivity index (χ1) is 15.4. The first-order valence-corrected chi connectivity index (χ1v) is 12.3. The van der Waals surface area contributed by atoms with Crippen molar-refractivity contribution in [3.05, 3.63) is 0 Å². The van der Waals surface area contributed by atoms with Crippen molar-refractivity contribution in [2.75, 3.05) is 18.6 Å². The van der Waals surface area contributed by atoms with E-state index in [1.165, 1.54) is 18.7 Å². The predicted octanol–water partition coefficient (Wildman–Crippen LogP) is -1.27. The number of carboxylic acid groups (broad SMARTS) is 1. The second-order valence-electron chi connectivity index (χ2n) is 7.85. The molecule has 3 amide bonds. The van der Waals surface area contributed by atoms with Gasteiger partial charge in [0.1, 0.15) is 18.1 Å². The molecule has 190 valence electrons. The van der Waals surface area contributed by atoms with Crippen molar-refractivity contribution in [1.82, 2.24) is 16.0 Å². The molecule has 0 rings (SSSR count). The Hall–Kier alpha value is -2.54. The van der Waals surface area contributed by atoms with Gasteiger partial charge in [-0.1, -0.05) is 20.3 Å². The zero-order chi connectivity index (χ0) is 25.6. The standard InChI is InChI=1S/C20H39N7O5S/c1-5-11(2)15(19(31)32)27-18(30)13(7-6-9-24-20(22)23)26-17(29)14(8-10-33-4)25-16(28)12(3)21/h11-15H,5-10,21H2,1-4H3,(H,25,28)(H,26,29)(H,27,30)(H,31,32)(H4,22,23,24). The number of nitrogens with zero attached hydrogens (tertiary/aromatic N) is 1. The molecular formula is C20H39N7O5S. The molecule has 0 saturated carbocycles. The highest BCUT2D eigenvalue weighted by Crippen LogP contribution is 2.10. The van der Waals surface area contributed by atoms with Crippen LogP contribution in [-0.2, 0) is 19.2 Å². The van der Waals surface area contributed by atoms with Crippen LogP contribution >= 0.6 is 11.8 Å². The van der Waals surface area contributed by atoms with Gasteiger partial charge in [0.2, 0.25) is 17.7 Å². The summed E-state index contributed by atoms with van der Waals surface area (Å²) in [6.45, 7) is 5.26. The summed E-state index contributed by atoms with van der Waals surface area (Å²) in [6, 6.07) is -3.85. The number of hydrogen-bond donors (Lipinski definition) is 7. The highest BCUT2D eigenvalue weighted by Gasteiger charge is 2.31. The normalized spacial score (nSPS) is 15.3. The Morgan fingerprint density at radius 1 is 0.970 bits per heavy atom. The van der Waals surface area contributed by atoms with E-state index in [2.05, 4.69) is 20.9 Å². The van der Waals surface area contributed by atoms with Crippen molar-refractivity contribution in [1.29, 1.82) is 0 Å². The Labute approximate surface area is 199 Å². The van der Waals surface area contributed by atoms with Crippen molar-refractivity contribution in [2.45, 2.75) is 70.6 Å². The van der Waals surface area contributed by atoms with Crippen LogP contribution in [0.3, 0.4) is 0 Å². The zero-order valence-corrected chi connectivity index (χ0v) is 20.6. The molecule has 0 aromatic heterocycles. The second kappa shape index (κ2) is 16.1. The number of hydrogen-bond acceptors (Lipinski definition) is 7. The molecule has 33 heavy (non-hydrogen) atoms. The number of carbonyl (C=O) groups excluding carboxylic acids is 3. The van der Waals surface area contributed by atoms with Crippen molar-refractivity contribution >= 4 is 41.4 Å². The van der Waals surface area contributed by atoms with Crippen LogP contribution in [0.25, 0.3) is 0 Å². The van der Waals surface area contributed by atoms with Crippen LogP contribution in [-0.4, -0.2) is 77.5 Å². The number of carboxylic acids is 1. The van der Waals surface area contributed by atoms with E-state index in [1.54, 1.807) is 6.92 Å². The molecule has 0 aliphatic carbocycles. The molecule has 5 atom stereocenters. The maximum atomic E-state index is 12.9. The molecule has 0 saturated heterocycles. The fraction of sp³-hybridized carbons (Fsp3) is 0.750. The highest BCUT2D eigenvalue weighted by atomic mass is 32.2. The molecule has 13 heteroatoms. The monoisotopic (exact) mass is 489 g/mol. The van der Waals surface area contributed by atoms with E-state index < -0.39 is 47.9 Å². The van der Waals surface area contributed by atoms with Gasteiger partial charge < -0.3 is 38.3 Å². The van der Waals surface area contributed by atoms with Crippen molar-refractivity contribution < 1.29 is 24.3 Å². The summed E-state index contributed by atoms with van der Waals surface area (Å²) >= 11 is 1.50. The van der Waals surface area contributed by atoms with Crippen LogP contribution < -0.4 is 33.2 Å². The third kappa shape index (κ3) is 12.3. The molecule has 0 spiro atoms. The Kier molecular flexibility index (Phi) is 14.9. The predicted molar refractivity (Wildman–Crippen MR) is 129 cm³/mol. The number of aliphatic carboxylic acids is 1. The molecule has 0 heterocycles. The van der Waals surface area contributed by atoms with E-state index in [9.17, 15) is 24.3 Å². The SMILES string of the molecule is CCC(C)C(NC(=O)C(CCCN=C(N)N)NC(=O)C(CCSC)NC(=O)C(C)N)C(=O)O. The van der Waals surface area contributed by atoms with E-state index in [-0.39, 0.29) is 24.8 Å². The lowest BCUT2D eigenvalue weighted by atomic mass is 9.98. The Balaban J connectivity index is 5.55. The maximum Gasteiger partial charge on any atom is 0.326 e. The van der Waals surface area contributed by atoms with E-state index in [0.717, 1.165) is 0 Å². The molecule has 0 radical (unpaired) electrons.